The van der Waals surface area contributed by atoms with Gasteiger partial charge in [0, 0.05) is 9.64 Å². The lowest BCUT2D eigenvalue weighted by atomic mass is 10.2. The Morgan fingerprint density at radius 3 is 2.47 bits per heavy atom. The van der Waals surface area contributed by atoms with Gasteiger partial charge in [0.05, 0.1) is 5.02 Å². The second-order valence-corrected chi connectivity index (χ2v) is 5.14. The van der Waals surface area contributed by atoms with Crippen LogP contribution in [0, 0.1) is 9.39 Å². The van der Waals surface area contributed by atoms with Crippen LogP contribution in [0.2, 0.25) is 5.02 Å². The van der Waals surface area contributed by atoms with E-state index in [0.717, 1.165) is 5.56 Å². The normalized spacial score (nSPS) is 10.3. The smallest absolute Gasteiger partial charge is 0.142 e. The Hall–Kier alpha value is -0.810. The van der Waals surface area contributed by atoms with Crippen molar-refractivity contribution in [1.82, 2.24) is 0 Å². The van der Waals surface area contributed by atoms with E-state index in [1.54, 1.807) is 6.07 Å². The van der Waals surface area contributed by atoms with Crippen molar-refractivity contribution in [1.29, 1.82) is 0 Å². The molecule has 0 atom stereocenters. The molecule has 4 heteroatoms. The lowest BCUT2D eigenvalue weighted by Gasteiger charge is -2.07. The van der Waals surface area contributed by atoms with E-state index in [9.17, 15) is 4.39 Å². The van der Waals surface area contributed by atoms with E-state index in [0.29, 0.717) is 12.4 Å². The van der Waals surface area contributed by atoms with Gasteiger partial charge in [-0.1, -0.05) is 23.7 Å². The van der Waals surface area contributed by atoms with E-state index in [1.165, 1.54) is 15.7 Å². The summed E-state index contributed by atoms with van der Waals surface area (Å²) in [5.74, 6) is 0.128. The maximum Gasteiger partial charge on any atom is 0.142 e. The number of halogens is 3. The Morgan fingerprint density at radius 1 is 1.12 bits per heavy atom. The molecular weight excluding hydrogens is 353 g/mol. The molecule has 0 unspecified atom stereocenters. The molecule has 0 amide bonds. The number of rotatable bonds is 3. The molecule has 2 rings (SSSR count). The average molecular weight is 363 g/mol. The molecule has 88 valence electrons. The van der Waals surface area contributed by atoms with Gasteiger partial charge in [0.15, 0.2) is 0 Å². The Labute approximate surface area is 118 Å². The molecule has 0 aliphatic heterocycles. The van der Waals surface area contributed by atoms with Crippen LogP contribution in [0.4, 0.5) is 4.39 Å². The summed E-state index contributed by atoms with van der Waals surface area (Å²) < 4.78 is 19.6. The maximum absolute atomic E-state index is 12.9. The highest BCUT2D eigenvalue weighted by Gasteiger charge is 2.02. The summed E-state index contributed by atoms with van der Waals surface area (Å²) in [6.45, 7) is 0.443. The third-order valence-electron chi connectivity index (χ3n) is 2.21. The first-order chi connectivity index (χ1) is 8.15. The molecule has 0 aliphatic rings. The predicted molar refractivity (Wildman–Crippen MR) is 74.9 cm³/mol. The standard InChI is InChI=1S/C13H9ClFIO/c14-12-7-11(5-6-13(12)15)17-8-9-1-3-10(16)4-2-9/h1-7H,8H2. The van der Waals surface area contributed by atoms with Crippen molar-refractivity contribution in [2.75, 3.05) is 0 Å². The first-order valence-corrected chi connectivity index (χ1v) is 6.43. The number of hydrogen-bond donors (Lipinski definition) is 0. The van der Waals surface area contributed by atoms with Crippen LogP contribution in [-0.4, -0.2) is 0 Å². The predicted octanol–water partition coefficient (Wildman–Crippen LogP) is 4.66. The monoisotopic (exact) mass is 362 g/mol. The molecule has 0 aromatic heterocycles. The van der Waals surface area contributed by atoms with Gasteiger partial charge in [-0.25, -0.2) is 4.39 Å². The molecule has 2 aromatic rings. The van der Waals surface area contributed by atoms with E-state index < -0.39 is 5.82 Å². The van der Waals surface area contributed by atoms with E-state index in [4.69, 9.17) is 16.3 Å². The van der Waals surface area contributed by atoms with Crippen LogP contribution in [-0.2, 0) is 6.61 Å². The van der Waals surface area contributed by atoms with Crippen LogP contribution in [0.25, 0.3) is 0 Å². The molecule has 0 bridgehead atoms. The third-order valence-corrected chi connectivity index (χ3v) is 3.22. The fourth-order valence-corrected chi connectivity index (χ4v) is 1.84. The van der Waals surface area contributed by atoms with Gasteiger partial charge in [-0.05, 0) is 52.4 Å². The summed E-state index contributed by atoms with van der Waals surface area (Å²) >= 11 is 7.90. The first-order valence-electron chi connectivity index (χ1n) is 4.97. The topological polar surface area (TPSA) is 9.23 Å². The van der Waals surface area contributed by atoms with Gasteiger partial charge in [0.1, 0.15) is 18.2 Å². The zero-order valence-corrected chi connectivity index (χ0v) is 11.7. The SMILES string of the molecule is Fc1ccc(OCc2ccc(I)cc2)cc1Cl. The zero-order chi connectivity index (χ0) is 12.3. The van der Waals surface area contributed by atoms with E-state index >= 15 is 0 Å². The minimum absolute atomic E-state index is 0.0742. The highest BCUT2D eigenvalue weighted by molar-refractivity contribution is 14.1. The van der Waals surface area contributed by atoms with Crippen LogP contribution in [0.5, 0.6) is 5.75 Å². The number of benzene rings is 2. The number of hydrogen-bond acceptors (Lipinski definition) is 1. The van der Waals surface area contributed by atoms with Gasteiger partial charge in [-0.2, -0.15) is 0 Å². The molecule has 0 aliphatic carbocycles. The van der Waals surface area contributed by atoms with Crippen LogP contribution >= 0.6 is 34.2 Å². The van der Waals surface area contributed by atoms with Gasteiger partial charge in [-0.3, -0.25) is 0 Å². The number of ether oxygens (including phenoxy) is 1. The molecule has 0 spiro atoms. The van der Waals surface area contributed by atoms with Gasteiger partial charge in [0.25, 0.3) is 0 Å². The van der Waals surface area contributed by atoms with E-state index in [2.05, 4.69) is 22.6 Å². The minimum atomic E-state index is -0.437. The van der Waals surface area contributed by atoms with E-state index in [1.807, 2.05) is 24.3 Å². The second-order valence-electron chi connectivity index (χ2n) is 3.49. The largest absolute Gasteiger partial charge is 0.489 e. The summed E-state index contributed by atoms with van der Waals surface area (Å²) in [5, 5.41) is 0.0742. The fourth-order valence-electron chi connectivity index (χ4n) is 1.31. The highest BCUT2D eigenvalue weighted by Crippen LogP contribution is 2.22. The second kappa shape index (κ2) is 5.69. The molecule has 0 N–H and O–H groups in total. The van der Waals surface area contributed by atoms with Crippen LogP contribution in [0.3, 0.4) is 0 Å². The third kappa shape index (κ3) is 3.57. The van der Waals surface area contributed by atoms with Crippen molar-refractivity contribution >= 4 is 34.2 Å². The van der Waals surface area contributed by atoms with Gasteiger partial charge in [-0.15, -0.1) is 0 Å². The van der Waals surface area contributed by atoms with Crippen LogP contribution < -0.4 is 4.74 Å². The average Bonchev–Trinajstić information content (AvgIpc) is 2.33. The van der Waals surface area contributed by atoms with Crippen molar-refractivity contribution in [2.45, 2.75) is 6.61 Å². The molecule has 17 heavy (non-hydrogen) atoms. The Balaban J connectivity index is 2.02. The van der Waals surface area contributed by atoms with Crippen LogP contribution in [0.15, 0.2) is 42.5 Å². The van der Waals surface area contributed by atoms with Gasteiger partial charge in [0.2, 0.25) is 0 Å². The lowest BCUT2D eigenvalue weighted by Crippen LogP contribution is -1.95. The summed E-state index contributed by atoms with van der Waals surface area (Å²) in [6, 6.07) is 12.3. The zero-order valence-electron chi connectivity index (χ0n) is 8.79. The summed E-state index contributed by atoms with van der Waals surface area (Å²) in [6.07, 6.45) is 0. The maximum atomic E-state index is 12.9. The Morgan fingerprint density at radius 2 is 1.82 bits per heavy atom. The fraction of sp³-hybridized carbons (Fsp3) is 0.0769. The molecule has 0 saturated heterocycles. The lowest BCUT2D eigenvalue weighted by molar-refractivity contribution is 0.306. The van der Waals surface area contributed by atoms with Crippen molar-refractivity contribution < 1.29 is 9.13 Å². The Kier molecular flexibility index (Phi) is 4.23. The van der Waals surface area contributed by atoms with Crippen molar-refractivity contribution in [2.24, 2.45) is 0 Å². The quantitative estimate of drug-likeness (QED) is 0.722. The molecule has 0 radical (unpaired) electrons. The molecule has 2 aromatic carbocycles. The van der Waals surface area contributed by atoms with Gasteiger partial charge >= 0.3 is 0 Å². The van der Waals surface area contributed by atoms with E-state index in [-0.39, 0.29) is 5.02 Å². The van der Waals surface area contributed by atoms with Gasteiger partial charge < -0.3 is 4.74 Å². The molecular formula is C13H9ClFIO. The minimum Gasteiger partial charge on any atom is -0.489 e. The first kappa shape index (κ1) is 12.6. The summed E-state index contributed by atoms with van der Waals surface area (Å²) in [5.41, 5.74) is 1.06. The summed E-state index contributed by atoms with van der Waals surface area (Å²) in [4.78, 5) is 0. The van der Waals surface area contributed by atoms with Crippen LogP contribution in [0.1, 0.15) is 5.56 Å². The Bertz CT molecular complexity index is 513. The van der Waals surface area contributed by atoms with Crippen molar-refractivity contribution in [3.63, 3.8) is 0 Å². The van der Waals surface area contributed by atoms with Crippen molar-refractivity contribution in [3.05, 3.63) is 62.4 Å². The molecule has 0 fully saturated rings. The highest BCUT2D eigenvalue weighted by atomic mass is 127. The van der Waals surface area contributed by atoms with Crippen molar-refractivity contribution in [3.8, 4) is 5.75 Å². The summed E-state index contributed by atoms with van der Waals surface area (Å²) in [7, 11) is 0. The molecule has 1 nitrogen and oxygen atoms in total. The molecule has 0 saturated carbocycles. The molecule has 0 heterocycles.